The molecule has 2 N–H and O–H groups in total. The normalized spacial score (nSPS) is 25.2. The SMILES string of the molecule is O=C(Cc1ccc2c(c1)CCC2)N[C@H]1CCCC[C@@H]1O. The molecule has 1 saturated carbocycles. The van der Waals surface area contributed by atoms with Gasteiger partial charge in [0.05, 0.1) is 18.6 Å². The molecule has 3 rings (SSSR count). The number of carbonyl (C=O) groups excluding carboxylic acids is 1. The Hall–Kier alpha value is -1.35. The van der Waals surface area contributed by atoms with E-state index in [1.807, 2.05) is 0 Å². The Morgan fingerprint density at radius 3 is 2.80 bits per heavy atom. The summed E-state index contributed by atoms with van der Waals surface area (Å²) in [6.45, 7) is 0. The fraction of sp³-hybridized carbons (Fsp3) is 0.588. The van der Waals surface area contributed by atoms with Crippen LogP contribution >= 0.6 is 0 Å². The molecule has 0 aliphatic heterocycles. The smallest absolute Gasteiger partial charge is 0.224 e. The lowest BCUT2D eigenvalue weighted by molar-refractivity contribution is -0.122. The van der Waals surface area contributed by atoms with E-state index in [1.165, 1.54) is 24.0 Å². The number of amides is 1. The number of rotatable bonds is 3. The number of aryl methyl sites for hydroxylation is 2. The molecule has 0 bridgehead atoms. The van der Waals surface area contributed by atoms with Crippen molar-refractivity contribution in [3.8, 4) is 0 Å². The summed E-state index contributed by atoms with van der Waals surface area (Å²) < 4.78 is 0. The number of hydrogen-bond donors (Lipinski definition) is 2. The first-order valence-corrected chi connectivity index (χ1v) is 7.80. The number of hydrogen-bond acceptors (Lipinski definition) is 2. The lowest BCUT2D eigenvalue weighted by atomic mass is 9.92. The molecule has 0 spiro atoms. The Morgan fingerprint density at radius 1 is 1.15 bits per heavy atom. The predicted octanol–water partition coefficient (Wildman–Crippen LogP) is 2.14. The second-order valence-corrected chi connectivity index (χ2v) is 6.16. The Balaban J connectivity index is 1.58. The number of benzene rings is 1. The number of nitrogens with one attached hydrogen (secondary N) is 1. The van der Waals surface area contributed by atoms with Crippen LogP contribution in [0.3, 0.4) is 0 Å². The van der Waals surface area contributed by atoms with E-state index in [9.17, 15) is 9.90 Å². The topological polar surface area (TPSA) is 49.3 Å². The molecule has 0 saturated heterocycles. The minimum atomic E-state index is -0.368. The van der Waals surface area contributed by atoms with Crippen LogP contribution in [0, 0.1) is 0 Å². The molecule has 1 aromatic carbocycles. The molecule has 2 aliphatic carbocycles. The van der Waals surface area contributed by atoms with Crippen LogP contribution in [0.4, 0.5) is 0 Å². The molecule has 0 unspecified atom stereocenters. The van der Waals surface area contributed by atoms with Crippen molar-refractivity contribution in [2.24, 2.45) is 0 Å². The average molecular weight is 273 g/mol. The van der Waals surface area contributed by atoms with Gasteiger partial charge in [0.1, 0.15) is 0 Å². The Bertz CT molecular complexity index is 498. The first kappa shape index (κ1) is 13.6. The third-order valence-electron chi connectivity index (χ3n) is 4.60. The molecule has 1 aromatic rings. The maximum Gasteiger partial charge on any atom is 0.224 e. The van der Waals surface area contributed by atoms with Crippen LogP contribution < -0.4 is 5.32 Å². The number of aliphatic hydroxyl groups excluding tert-OH is 1. The Labute approximate surface area is 120 Å². The molecule has 1 fully saturated rings. The monoisotopic (exact) mass is 273 g/mol. The van der Waals surface area contributed by atoms with Crippen molar-refractivity contribution in [3.63, 3.8) is 0 Å². The first-order chi connectivity index (χ1) is 9.72. The quantitative estimate of drug-likeness (QED) is 0.886. The van der Waals surface area contributed by atoms with Gasteiger partial charge in [-0.15, -0.1) is 0 Å². The molecule has 3 nitrogen and oxygen atoms in total. The molecule has 0 radical (unpaired) electrons. The summed E-state index contributed by atoms with van der Waals surface area (Å²) in [7, 11) is 0. The van der Waals surface area contributed by atoms with Gasteiger partial charge in [0.25, 0.3) is 0 Å². The summed E-state index contributed by atoms with van der Waals surface area (Å²) in [6.07, 6.45) is 7.49. The third kappa shape index (κ3) is 3.04. The van der Waals surface area contributed by atoms with E-state index >= 15 is 0 Å². The van der Waals surface area contributed by atoms with Gasteiger partial charge in [-0.1, -0.05) is 31.0 Å². The van der Waals surface area contributed by atoms with E-state index in [2.05, 4.69) is 23.5 Å². The minimum Gasteiger partial charge on any atom is -0.391 e. The van der Waals surface area contributed by atoms with Gasteiger partial charge in [0.15, 0.2) is 0 Å². The van der Waals surface area contributed by atoms with Crippen LogP contribution in [0.5, 0.6) is 0 Å². The van der Waals surface area contributed by atoms with Gasteiger partial charge in [-0.3, -0.25) is 4.79 Å². The molecular formula is C17H23NO2. The van der Waals surface area contributed by atoms with Crippen LogP contribution in [-0.2, 0) is 24.1 Å². The summed E-state index contributed by atoms with van der Waals surface area (Å²) in [5.41, 5.74) is 3.94. The van der Waals surface area contributed by atoms with Gasteiger partial charge in [-0.05, 0) is 48.8 Å². The molecule has 0 heterocycles. The van der Waals surface area contributed by atoms with Gasteiger partial charge in [-0.2, -0.15) is 0 Å². The minimum absolute atomic E-state index is 0.0360. The largest absolute Gasteiger partial charge is 0.391 e. The van der Waals surface area contributed by atoms with Gasteiger partial charge < -0.3 is 10.4 Å². The highest BCUT2D eigenvalue weighted by Gasteiger charge is 2.24. The molecule has 2 atom stereocenters. The lowest BCUT2D eigenvalue weighted by Crippen LogP contribution is -2.45. The second-order valence-electron chi connectivity index (χ2n) is 6.16. The zero-order valence-corrected chi connectivity index (χ0v) is 11.9. The lowest BCUT2D eigenvalue weighted by Gasteiger charge is -2.28. The maximum atomic E-state index is 12.1. The van der Waals surface area contributed by atoms with Crippen molar-refractivity contribution >= 4 is 5.91 Å². The second kappa shape index (κ2) is 5.96. The van der Waals surface area contributed by atoms with Crippen LogP contribution in [0.15, 0.2) is 18.2 Å². The number of carbonyl (C=O) groups is 1. The van der Waals surface area contributed by atoms with Crippen LogP contribution in [-0.4, -0.2) is 23.2 Å². The van der Waals surface area contributed by atoms with Crippen molar-refractivity contribution in [2.45, 2.75) is 63.5 Å². The number of fused-ring (bicyclic) bond motifs is 1. The van der Waals surface area contributed by atoms with E-state index in [1.54, 1.807) is 0 Å². The third-order valence-corrected chi connectivity index (χ3v) is 4.60. The molecular weight excluding hydrogens is 250 g/mol. The van der Waals surface area contributed by atoms with Gasteiger partial charge >= 0.3 is 0 Å². The van der Waals surface area contributed by atoms with E-state index in [4.69, 9.17) is 0 Å². The van der Waals surface area contributed by atoms with Gasteiger partial charge in [-0.25, -0.2) is 0 Å². The standard InChI is InChI=1S/C17H23NO2/c19-16-7-2-1-6-15(16)18-17(20)11-12-8-9-13-4-3-5-14(13)10-12/h8-10,15-16,19H,1-7,11H2,(H,18,20)/t15-,16-/m0/s1. The zero-order valence-electron chi connectivity index (χ0n) is 11.9. The first-order valence-electron chi connectivity index (χ1n) is 7.80. The zero-order chi connectivity index (χ0) is 13.9. The predicted molar refractivity (Wildman–Crippen MR) is 78.6 cm³/mol. The Morgan fingerprint density at radius 2 is 1.95 bits per heavy atom. The highest BCUT2D eigenvalue weighted by molar-refractivity contribution is 5.79. The van der Waals surface area contributed by atoms with Crippen molar-refractivity contribution < 1.29 is 9.90 Å². The highest BCUT2D eigenvalue weighted by atomic mass is 16.3. The van der Waals surface area contributed by atoms with Crippen LogP contribution in [0.2, 0.25) is 0 Å². The van der Waals surface area contributed by atoms with Crippen molar-refractivity contribution in [1.82, 2.24) is 5.32 Å². The summed E-state index contributed by atoms with van der Waals surface area (Å²) in [4.78, 5) is 12.1. The molecule has 0 aromatic heterocycles. The van der Waals surface area contributed by atoms with Crippen LogP contribution in [0.25, 0.3) is 0 Å². The van der Waals surface area contributed by atoms with Crippen molar-refractivity contribution in [3.05, 3.63) is 34.9 Å². The summed E-state index contributed by atoms with van der Waals surface area (Å²) >= 11 is 0. The van der Waals surface area contributed by atoms with E-state index in [0.29, 0.717) is 6.42 Å². The summed E-state index contributed by atoms with van der Waals surface area (Å²) in [5.74, 6) is 0.0360. The summed E-state index contributed by atoms with van der Waals surface area (Å²) in [5, 5.41) is 12.9. The van der Waals surface area contributed by atoms with E-state index < -0.39 is 0 Å². The van der Waals surface area contributed by atoms with Crippen molar-refractivity contribution in [1.29, 1.82) is 0 Å². The molecule has 20 heavy (non-hydrogen) atoms. The van der Waals surface area contributed by atoms with Crippen molar-refractivity contribution in [2.75, 3.05) is 0 Å². The fourth-order valence-electron chi connectivity index (χ4n) is 3.46. The fourth-order valence-corrected chi connectivity index (χ4v) is 3.46. The molecule has 1 amide bonds. The van der Waals surface area contributed by atoms with Crippen LogP contribution in [0.1, 0.15) is 48.8 Å². The molecule has 108 valence electrons. The number of aliphatic hydroxyl groups is 1. The van der Waals surface area contributed by atoms with Gasteiger partial charge in [0, 0.05) is 0 Å². The maximum absolute atomic E-state index is 12.1. The summed E-state index contributed by atoms with van der Waals surface area (Å²) in [6, 6.07) is 6.37. The van der Waals surface area contributed by atoms with E-state index in [-0.39, 0.29) is 18.1 Å². The molecule has 3 heteroatoms. The Kier molecular flexibility index (Phi) is 4.06. The van der Waals surface area contributed by atoms with E-state index in [0.717, 1.165) is 37.7 Å². The highest BCUT2D eigenvalue weighted by Crippen LogP contribution is 2.23. The van der Waals surface area contributed by atoms with Gasteiger partial charge in [0.2, 0.25) is 5.91 Å². The average Bonchev–Trinajstić information content (AvgIpc) is 2.89. The molecule has 2 aliphatic rings.